The van der Waals surface area contributed by atoms with E-state index in [1.807, 2.05) is 18.2 Å². The Kier molecular flexibility index (Phi) is 5.42. The van der Waals surface area contributed by atoms with Gasteiger partial charge in [-0.2, -0.15) is 5.10 Å². The molecule has 2 N–H and O–H groups in total. The van der Waals surface area contributed by atoms with E-state index >= 15 is 0 Å². The van der Waals surface area contributed by atoms with E-state index in [1.54, 1.807) is 6.07 Å². The van der Waals surface area contributed by atoms with E-state index in [0.717, 1.165) is 11.6 Å². The molecule has 0 fully saturated rings. The van der Waals surface area contributed by atoms with E-state index in [1.165, 1.54) is 29.2 Å². The molecule has 0 spiro atoms. The van der Waals surface area contributed by atoms with Gasteiger partial charge >= 0.3 is 5.97 Å². The Morgan fingerprint density at radius 1 is 1.15 bits per heavy atom. The molecular weight excluding hydrogens is 372 g/mol. The van der Waals surface area contributed by atoms with Crippen molar-refractivity contribution in [1.29, 1.82) is 0 Å². The van der Waals surface area contributed by atoms with Crippen molar-refractivity contribution in [2.24, 2.45) is 0 Å². The molecule has 0 aliphatic rings. The topological polar surface area (TPSA) is 102 Å². The van der Waals surface area contributed by atoms with Gasteiger partial charge in [0, 0.05) is 17.3 Å². The Morgan fingerprint density at radius 2 is 1.93 bits per heavy atom. The number of aromatic nitrogens is 2. The number of esters is 1. The lowest BCUT2D eigenvalue weighted by Gasteiger charge is -2.05. The average molecular weight is 387 g/mol. The van der Waals surface area contributed by atoms with Crippen LogP contribution in [0.4, 0.5) is 0 Å². The van der Waals surface area contributed by atoms with Crippen molar-refractivity contribution in [2.75, 3.05) is 6.61 Å². The summed E-state index contributed by atoms with van der Waals surface area (Å²) in [6, 6.07) is 10.8. The second-order valence-electron chi connectivity index (χ2n) is 5.72. The number of ether oxygens (including phenoxy) is 1. The first-order chi connectivity index (χ1) is 12.9. The Hall–Kier alpha value is -3.32. The number of rotatable bonds is 6. The van der Waals surface area contributed by atoms with Crippen LogP contribution in [-0.4, -0.2) is 38.4 Å². The van der Waals surface area contributed by atoms with Gasteiger partial charge in [0.1, 0.15) is 11.5 Å². The zero-order chi connectivity index (χ0) is 19.4. The summed E-state index contributed by atoms with van der Waals surface area (Å²) in [6.07, 6.45) is 2.83. The van der Waals surface area contributed by atoms with Gasteiger partial charge < -0.3 is 14.9 Å². The van der Waals surface area contributed by atoms with Gasteiger partial charge in [0.05, 0.1) is 23.9 Å². The maximum Gasteiger partial charge on any atom is 0.341 e. The molecule has 0 amide bonds. The smallest absolute Gasteiger partial charge is 0.341 e. The van der Waals surface area contributed by atoms with Gasteiger partial charge in [-0.3, -0.25) is 9.48 Å². The zero-order valence-electron chi connectivity index (χ0n) is 14.0. The van der Waals surface area contributed by atoms with Gasteiger partial charge in [-0.15, -0.1) is 0 Å². The Bertz CT molecular complexity index is 999. The average Bonchev–Trinajstić information content (AvgIpc) is 3.10. The molecule has 2 aromatic carbocycles. The second kappa shape index (κ2) is 7.92. The molecule has 27 heavy (non-hydrogen) atoms. The molecule has 3 aromatic rings. The fourth-order valence-corrected chi connectivity index (χ4v) is 2.60. The summed E-state index contributed by atoms with van der Waals surface area (Å²) < 4.78 is 6.51. The number of aromatic hydroxyl groups is 2. The summed E-state index contributed by atoms with van der Waals surface area (Å²) in [6.45, 7) is -0.167. The Labute approximate surface area is 159 Å². The highest BCUT2D eigenvalue weighted by molar-refractivity contribution is 6.31. The van der Waals surface area contributed by atoms with Crippen LogP contribution in [0.15, 0.2) is 54.9 Å². The molecule has 1 heterocycles. The van der Waals surface area contributed by atoms with E-state index in [9.17, 15) is 19.8 Å². The van der Waals surface area contributed by atoms with E-state index in [-0.39, 0.29) is 22.6 Å². The second-order valence-corrected chi connectivity index (χ2v) is 6.13. The molecule has 0 aliphatic heterocycles. The molecule has 7 nitrogen and oxygen atoms in total. The van der Waals surface area contributed by atoms with E-state index < -0.39 is 18.4 Å². The fraction of sp³-hybridized carbons (Fsp3) is 0.105. The number of hydrogen-bond donors (Lipinski definition) is 2. The van der Waals surface area contributed by atoms with Gasteiger partial charge in [0.15, 0.2) is 6.61 Å². The van der Waals surface area contributed by atoms with Gasteiger partial charge in [0.25, 0.3) is 0 Å². The van der Waals surface area contributed by atoms with Crippen molar-refractivity contribution >= 4 is 23.4 Å². The molecule has 0 radical (unpaired) electrons. The molecule has 0 aliphatic carbocycles. The van der Waals surface area contributed by atoms with Gasteiger partial charge in [-0.25, -0.2) is 4.79 Å². The number of carbonyl (C=O) groups excluding carboxylic acids is 2. The molecular formula is C19H15ClN2O5. The quantitative estimate of drug-likeness (QED) is 0.498. The molecule has 0 saturated heterocycles. The third kappa shape index (κ3) is 4.45. The van der Waals surface area contributed by atoms with E-state index in [2.05, 4.69) is 5.10 Å². The van der Waals surface area contributed by atoms with Crippen LogP contribution in [0.25, 0.3) is 0 Å². The summed E-state index contributed by atoms with van der Waals surface area (Å²) in [5.41, 5.74) is 0.986. The van der Waals surface area contributed by atoms with Crippen LogP contribution in [0.5, 0.6) is 11.5 Å². The minimum absolute atomic E-state index is 0.0463. The number of nitrogens with zero attached hydrogens (tertiary/aromatic N) is 2. The van der Waals surface area contributed by atoms with Crippen molar-refractivity contribution in [3.05, 3.63) is 76.6 Å². The summed E-state index contributed by atoms with van der Waals surface area (Å²) in [5, 5.41) is 23.6. The Balaban J connectivity index is 1.61. The summed E-state index contributed by atoms with van der Waals surface area (Å²) >= 11 is 6.10. The first kappa shape index (κ1) is 18.5. The standard InChI is InChI=1S/C19H15ClN2O5/c20-16-4-2-1-3-12(16)9-22-10-13(8-21-22)19(26)27-11-18(25)15-6-5-14(23)7-17(15)24/h1-8,10,23-24H,9,11H2. The minimum Gasteiger partial charge on any atom is -0.508 e. The van der Waals surface area contributed by atoms with Gasteiger partial charge in [-0.1, -0.05) is 29.8 Å². The van der Waals surface area contributed by atoms with Crippen LogP contribution >= 0.6 is 11.6 Å². The zero-order valence-corrected chi connectivity index (χ0v) is 14.8. The van der Waals surface area contributed by atoms with Crippen molar-refractivity contribution in [3.63, 3.8) is 0 Å². The first-order valence-electron chi connectivity index (χ1n) is 7.92. The number of phenols is 2. The number of ketones is 1. The summed E-state index contributed by atoms with van der Waals surface area (Å²) in [5.74, 6) is -1.87. The van der Waals surface area contributed by atoms with Crippen LogP contribution in [0.3, 0.4) is 0 Å². The molecule has 8 heteroatoms. The molecule has 3 rings (SSSR count). The van der Waals surface area contributed by atoms with Crippen molar-refractivity contribution in [2.45, 2.75) is 6.54 Å². The maximum absolute atomic E-state index is 12.1. The lowest BCUT2D eigenvalue weighted by molar-refractivity contribution is 0.0473. The van der Waals surface area contributed by atoms with Crippen molar-refractivity contribution in [1.82, 2.24) is 9.78 Å². The highest BCUT2D eigenvalue weighted by Gasteiger charge is 2.16. The van der Waals surface area contributed by atoms with Crippen molar-refractivity contribution < 1.29 is 24.5 Å². The lowest BCUT2D eigenvalue weighted by atomic mass is 10.1. The SMILES string of the molecule is O=C(OCC(=O)c1ccc(O)cc1O)c1cnn(Cc2ccccc2Cl)c1. The molecule has 0 bridgehead atoms. The van der Waals surface area contributed by atoms with Crippen LogP contribution in [0.1, 0.15) is 26.3 Å². The Morgan fingerprint density at radius 3 is 2.67 bits per heavy atom. The van der Waals surface area contributed by atoms with Crippen LogP contribution in [-0.2, 0) is 11.3 Å². The minimum atomic E-state index is -0.716. The highest BCUT2D eigenvalue weighted by atomic mass is 35.5. The van der Waals surface area contributed by atoms with Crippen LogP contribution < -0.4 is 0 Å². The number of hydrogen-bond acceptors (Lipinski definition) is 6. The third-order valence-corrected chi connectivity index (χ3v) is 4.14. The largest absolute Gasteiger partial charge is 0.508 e. The number of halogens is 1. The molecule has 1 aromatic heterocycles. The third-order valence-electron chi connectivity index (χ3n) is 3.78. The molecule has 0 unspecified atom stereocenters. The van der Waals surface area contributed by atoms with Crippen molar-refractivity contribution in [3.8, 4) is 11.5 Å². The molecule has 0 atom stereocenters. The predicted molar refractivity (Wildman–Crippen MR) is 97.2 cm³/mol. The molecule has 0 saturated carbocycles. The van der Waals surface area contributed by atoms with Gasteiger partial charge in [0.2, 0.25) is 5.78 Å². The number of carbonyl (C=O) groups is 2. The summed E-state index contributed by atoms with van der Waals surface area (Å²) in [7, 11) is 0. The van der Waals surface area contributed by atoms with E-state index in [0.29, 0.717) is 11.6 Å². The van der Waals surface area contributed by atoms with Crippen LogP contribution in [0, 0.1) is 0 Å². The number of phenolic OH excluding ortho intramolecular Hbond substituents is 2. The van der Waals surface area contributed by atoms with Gasteiger partial charge in [-0.05, 0) is 23.8 Å². The maximum atomic E-state index is 12.1. The highest BCUT2D eigenvalue weighted by Crippen LogP contribution is 2.23. The number of Topliss-reactive ketones (excluding diaryl/α,β-unsaturated/α-hetero) is 1. The van der Waals surface area contributed by atoms with Crippen LogP contribution in [0.2, 0.25) is 5.02 Å². The normalized spacial score (nSPS) is 10.6. The predicted octanol–water partition coefficient (Wildman–Crippen LogP) is 3.04. The lowest BCUT2D eigenvalue weighted by Crippen LogP contribution is -2.14. The monoisotopic (exact) mass is 386 g/mol. The summed E-state index contributed by atoms with van der Waals surface area (Å²) in [4.78, 5) is 24.1. The first-order valence-corrected chi connectivity index (χ1v) is 8.30. The fourth-order valence-electron chi connectivity index (χ4n) is 2.40. The van der Waals surface area contributed by atoms with E-state index in [4.69, 9.17) is 16.3 Å². The number of benzene rings is 2. The molecule has 138 valence electrons.